The molecule has 0 aliphatic carbocycles. The number of nitrogens with zero attached hydrogens (tertiary/aromatic N) is 2. The van der Waals surface area contributed by atoms with E-state index >= 15 is 0 Å². The van der Waals surface area contributed by atoms with Crippen molar-refractivity contribution in [3.8, 4) is 6.07 Å². The monoisotopic (exact) mass is 267 g/mol. The van der Waals surface area contributed by atoms with E-state index in [4.69, 9.17) is 4.74 Å². The maximum absolute atomic E-state index is 9.26. The molecule has 0 amide bonds. The molecule has 4 nitrogen and oxygen atoms in total. The SMILES string of the molecule is CCC(C#N)(CCCN(C)CC1CCCOC1)NC. The first kappa shape index (κ1) is 16.4. The van der Waals surface area contributed by atoms with Crippen LogP contribution in [0.5, 0.6) is 0 Å². The maximum atomic E-state index is 9.26. The minimum absolute atomic E-state index is 0.339. The van der Waals surface area contributed by atoms with Crippen LogP contribution < -0.4 is 5.32 Å². The van der Waals surface area contributed by atoms with Crippen molar-refractivity contribution in [2.24, 2.45) is 5.92 Å². The maximum Gasteiger partial charge on any atom is 0.106 e. The van der Waals surface area contributed by atoms with Gasteiger partial charge in [-0.25, -0.2) is 0 Å². The molecule has 1 aliphatic rings. The molecule has 0 bridgehead atoms. The summed E-state index contributed by atoms with van der Waals surface area (Å²) in [6.07, 6.45) is 5.33. The molecule has 1 saturated heterocycles. The van der Waals surface area contributed by atoms with Crippen LogP contribution >= 0.6 is 0 Å². The van der Waals surface area contributed by atoms with Crippen molar-refractivity contribution in [1.29, 1.82) is 5.26 Å². The minimum Gasteiger partial charge on any atom is -0.381 e. The van der Waals surface area contributed by atoms with Crippen molar-refractivity contribution in [2.75, 3.05) is 40.4 Å². The van der Waals surface area contributed by atoms with Gasteiger partial charge in [0.05, 0.1) is 12.7 Å². The summed E-state index contributed by atoms with van der Waals surface area (Å²) in [5.74, 6) is 0.690. The van der Waals surface area contributed by atoms with Gasteiger partial charge in [0.1, 0.15) is 5.54 Å². The predicted molar refractivity (Wildman–Crippen MR) is 78.0 cm³/mol. The molecule has 0 aromatic rings. The Kier molecular flexibility index (Phi) is 7.37. The molecule has 19 heavy (non-hydrogen) atoms. The van der Waals surface area contributed by atoms with Gasteiger partial charge >= 0.3 is 0 Å². The first-order chi connectivity index (χ1) is 9.15. The topological polar surface area (TPSA) is 48.3 Å². The van der Waals surface area contributed by atoms with Crippen molar-refractivity contribution < 1.29 is 4.74 Å². The van der Waals surface area contributed by atoms with Gasteiger partial charge in [-0.3, -0.25) is 0 Å². The second kappa shape index (κ2) is 8.52. The van der Waals surface area contributed by atoms with Crippen molar-refractivity contribution in [1.82, 2.24) is 10.2 Å². The Morgan fingerprint density at radius 1 is 1.53 bits per heavy atom. The van der Waals surface area contributed by atoms with Gasteiger partial charge in [-0.1, -0.05) is 6.92 Å². The van der Waals surface area contributed by atoms with Crippen molar-refractivity contribution in [2.45, 2.75) is 44.6 Å². The quantitative estimate of drug-likeness (QED) is 0.731. The van der Waals surface area contributed by atoms with Crippen molar-refractivity contribution in [3.63, 3.8) is 0 Å². The third-order valence-corrected chi connectivity index (χ3v) is 4.26. The Hall–Kier alpha value is -0.630. The number of nitrogens with one attached hydrogen (secondary N) is 1. The third kappa shape index (κ3) is 5.48. The number of nitriles is 1. The van der Waals surface area contributed by atoms with Gasteiger partial charge in [-0.05, 0) is 58.7 Å². The van der Waals surface area contributed by atoms with E-state index in [-0.39, 0.29) is 5.54 Å². The van der Waals surface area contributed by atoms with Crippen molar-refractivity contribution in [3.05, 3.63) is 0 Å². The molecule has 1 fully saturated rings. The Morgan fingerprint density at radius 3 is 2.84 bits per heavy atom. The number of ether oxygens (including phenoxy) is 1. The summed E-state index contributed by atoms with van der Waals surface area (Å²) in [4.78, 5) is 2.38. The van der Waals surface area contributed by atoms with Gasteiger partial charge in [0, 0.05) is 13.2 Å². The van der Waals surface area contributed by atoms with E-state index in [0.717, 1.165) is 45.6 Å². The molecule has 2 unspecified atom stereocenters. The van der Waals surface area contributed by atoms with E-state index in [1.807, 2.05) is 7.05 Å². The lowest BCUT2D eigenvalue weighted by atomic mass is 9.92. The van der Waals surface area contributed by atoms with Crippen LogP contribution in [0.1, 0.15) is 39.0 Å². The Morgan fingerprint density at radius 2 is 2.32 bits per heavy atom. The molecule has 0 saturated carbocycles. The fourth-order valence-corrected chi connectivity index (χ4v) is 2.80. The van der Waals surface area contributed by atoms with Crippen LogP contribution in [-0.4, -0.2) is 50.8 Å². The zero-order valence-electron chi connectivity index (χ0n) is 12.7. The van der Waals surface area contributed by atoms with Gasteiger partial charge in [-0.2, -0.15) is 5.26 Å². The summed E-state index contributed by atoms with van der Waals surface area (Å²) in [6.45, 7) is 6.09. The average molecular weight is 267 g/mol. The zero-order valence-corrected chi connectivity index (χ0v) is 12.7. The lowest BCUT2D eigenvalue weighted by Crippen LogP contribution is -2.41. The van der Waals surface area contributed by atoms with E-state index < -0.39 is 0 Å². The number of rotatable bonds is 8. The molecule has 0 aromatic carbocycles. The summed E-state index contributed by atoms with van der Waals surface area (Å²) in [5, 5.41) is 12.4. The summed E-state index contributed by atoms with van der Waals surface area (Å²) < 4.78 is 5.51. The van der Waals surface area contributed by atoms with E-state index in [1.165, 1.54) is 12.8 Å². The van der Waals surface area contributed by atoms with Crippen LogP contribution in [0.2, 0.25) is 0 Å². The van der Waals surface area contributed by atoms with Gasteiger partial charge in [0.2, 0.25) is 0 Å². The standard InChI is InChI=1S/C15H29N3O/c1-4-15(13-16,17-2)8-6-9-18(3)11-14-7-5-10-19-12-14/h14,17H,4-12H2,1-3H3. The summed E-state index contributed by atoms with van der Waals surface area (Å²) >= 11 is 0. The first-order valence-electron chi connectivity index (χ1n) is 7.52. The highest BCUT2D eigenvalue weighted by atomic mass is 16.5. The second-order valence-electron chi connectivity index (χ2n) is 5.75. The van der Waals surface area contributed by atoms with E-state index in [1.54, 1.807) is 0 Å². The molecule has 110 valence electrons. The third-order valence-electron chi connectivity index (χ3n) is 4.26. The van der Waals surface area contributed by atoms with Crippen LogP contribution in [0, 0.1) is 17.2 Å². The molecule has 0 radical (unpaired) electrons. The predicted octanol–water partition coefficient (Wildman–Crippen LogP) is 2.02. The largest absolute Gasteiger partial charge is 0.381 e. The summed E-state index contributed by atoms with van der Waals surface area (Å²) in [7, 11) is 4.06. The first-order valence-corrected chi connectivity index (χ1v) is 7.52. The van der Waals surface area contributed by atoms with Gasteiger partial charge < -0.3 is 15.0 Å². The molecular formula is C15H29N3O. The fourth-order valence-electron chi connectivity index (χ4n) is 2.80. The molecule has 0 aromatic heterocycles. The molecule has 0 spiro atoms. The van der Waals surface area contributed by atoms with E-state index in [2.05, 4.69) is 30.3 Å². The Balaban J connectivity index is 2.22. The molecule has 4 heteroatoms. The number of hydrogen-bond donors (Lipinski definition) is 1. The van der Waals surface area contributed by atoms with Crippen LogP contribution in [0.4, 0.5) is 0 Å². The zero-order chi connectivity index (χ0) is 14.1. The smallest absolute Gasteiger partial charge is 0.106 e. The van der Waals surface area contributed by atoms with E-state index in [0.29, 0.717) is 5.92 Å². The molecule has 1 aliphatic heterocycles. The summed E-state index contributed by atoms with van der Waals surface area (Å²) in [5.41, 5.74) is -0.339. The fraction of sp³-hybridized carbons (Fsp3) is 0.933. The highest BCUT2D eigenvalue weighted by Crippen LogP contribution is 2.17. The van der Waals surface area contributed by atoms with Gasteiger partial charge in [-0.15, -0.1) is 0 Å². The average Bonchev–Trinajstić information content (AvgIpc) is 2.45. The lowest BCUT2D eigenvalue weighted by molar-refractivity contribution is 0.0417. The normalized spacial score (nSPS) is 23.0. The second-order valence-corrected chi connectivity index (χ2v) is 5.75. The molecule has 1 N–H and O–H groups in total. The van der Waals surface area contributed by atoms with E-state index in [9.17, 15) is 5.26 Å². The Labute approximate surface area is 118 Å². The van der Waals surface area contributed by atoms with Gasteiger partial charge in [0.15, 0.2) is 0 Å². The highest BCUT2D eigenvalue weighted by Gasteiger charge is 2.25. The van der Waals surface area contributed by atoms with Crippen LogP contribution in [0.25, 0.3) is 0 Å². The van der Waals surface area contributed by atoms with Crippen molar-refractivity contribution >= 4 is 0 Å². The molecule has 1 rings (SSSR count). The van der Waals surface area contributed by atoms with Crippen LogP contribution in [0.3, 0.4) is 0 Å². The van der Waals surface area contributed by atoms with Gasteiger partial charge in [0.25, 0.3) is 0 Å². The summed E-state index contributed by atoms with van der Waals surface area (Å²) in [6, 6.07) is 2.42. The number of hydrogen-bond acceptors (Lipinski definition) is 4. The Bertz CT molecular complexity index is 278. The van der Waals surface area contributed by atoms with Crippen LogP contribution in [0.15, 0.2) is 0 Å². The molecule has 2 atom stereocenters. The lowest BCUT2D eigenvalue weighted by Gasteiger charge is -2.29. The highest BCUT2D eigenvalue weighted by molar-refractivity contribution is 5.05. The molecule has 1 heterocycles. The van der Waals surface area contributed by atoms with Crippen LogP contribution in [-0.2, 0) is 4.74 Å². The molecular weight excluding hydrogens is 238 g/mol. The minimum atomic E-state index is -0.339.